The van der Waals surface area contributed by atoms with Gasteiger partial charge in [0.25, 0.3) is 0 Å². The summed E-state index contributed by atoms with van der Waals surface area (Å²) in [6.07, 6.45) is 0. The number of halogens is 1. The number of nitrogens with zero attached hydrogens (tertiary/aromatic N) is 2. The summed E-state index contributed by atoms with van der Waals surface area (Å²) in [6.45, 7) is 3.18. The number of fused-ring (bicyclic) bond motifs is 1. The van der Waals surface area contributed by atoms with Crippen molar-refractivity contribution >= 4 is 16.7 Å². The first kappa shape index (κ1) is 16.4. The number of aromatic nitrogens is 1. The minimum absolute atomic E-state index is 0.161. The van der Waals surface area contributed by atoms with E-state index in [0.717, 1.165) is 27.8 Å². The van der Waals surface area contributed by atoms with Crippen LogP contribution in [0.15, 0.2) is 48.5 Å². The lowest BCUT2D eigenvalue weighted by molar-refractivity contribution is 0.392. The van der Waals surface area contributed by atoms with Crippen LogP contribution in [-0.2, 0) is 13.1 Å². The number of anilines is 1. The predicted octanol–water partition coefficient (Wildman–Crippen LogP) is 4.36. The molecule has 0 aliphatic carbocycles. The van der Waals surface area contributed by atoms with Crippen LogP contribution in [0.1, 0.15) is 16.7 Å². The highest BCUT2D eigenvalue weighted by Crippen LogP contribution is 2.20. The number of benzene rings is 2. The summed E-state index contributed by atoms with van der Waals surface area (Å²) in [5, 5.41) is 4.45. The minimum Gasteiger partial charge on any atom is -0.366 e. The van der Waals surface area contributed by atoms with Gasteiger partial charge in [-0.15, -0.1) is 0 Å². The summed E-state index contributed by atoms with van der Waals surface area (Å²) in [5.74, 6) is 0.678. The Morgan fingerprint density at radius 1 is 1.08 bits per heavy atom. The molecule has 1 aromatic heterocycles. The molecule has 0 fully saturated rings. The summed E-state index contributed by atoms with van der Waals surface area (Å²) < 4.78 is 14.2. The maximum Gasteiger partial charge on any atom is 0.129 e. The van der Waals surface area contributed by atoms with Gasteiger partial charge in [0, 0.05) is 24.0 Å². The molecule has 0 aliphatic heterocycles. The zero-order chi connectivity index (χ0) is 17.1. The van der Waals surface area contributed by atoms with E-state index in [0.29, 0.717) is 18.7 Å². The molecule has 0 unspecified atom stereocenters. The third-order valence-corrected chi connectivity index (χ3v) is 3.98. The topological polar surface area (TPSA) is 28.2 Å². The van der Waals surface area contributed by atoms with E-state index in [4.69, 9.17) is 0 Å². The molecule has 0 radical (unpaired) electrons. The number of aryl methyl sites for hydroxylation is 1. The Morgan fingerprint density at radius 3 is 2.62 bits per heavy atom. The van der Waals surface area contributed by atoms with Crippen LogP contribution in [0.4, 0.5) is 10.2 Å². The predicted molar refractivity (Wildman–Crippen MR) is 97.6 cm³/mol. The maximum absolute atomic E-state index is 14.2. The van der Waals surface area contributed by atoms with Crippen LogP contribution in [0.3, 0.4) is 0 Å². The van der Waals surface area contributed by atoms with Crippen molar-refractivity contribution in [2.24, 2.45) is 0 Å². The lowest BCUT2D eigenvalue weighted by Gasteiger charge is -2.13. The Morgan fingerprint density at radius 2 is 1.88 bits per heavy atom. The Bertz CT molecular complexity index is 859. The molecule has 0 bridgehead atoms. The molecular formula is C20H22FN3. The van der Waals surface area contributed by atoms with Crippen molar-refractivity contribution < 1.29 is 4.39 Å². The zero-order valence-electron chi connectivity index (χ0n) is 14.3. The average molecular weight is 323 g/mol. The smallest absolute Gasteiger partial charge is 0.129 e. The van der Waals surface area contributed by atoms with Gasteiger partial charge in [0.05, 0.1) is 5.52 Å². The summed E-state index contributed by atoms with van der Waals surface area (Å²) >= 11 is 0. The Kier molecular flexibility index (Phi) is 4.76. The van der Waals surface area contributed by atoms with E-state index in [9.17, 15) is 4.39 Å². The van der Waals surface area contributed by atoms with Crippen molar-refractivity contribution in [3.8, 4) is 0 Å². The molecule has 1 N–H and O–H groups in total. The van der Waals surface area contributed by atoms with E-state index < -0.39 is 0 Å². The summed E-state index contributed by atoms with van der Waals surface area (Å²) in [5.41, 5.74) is 3.66. The highest BCUT2D eigenvalue weighted by Gasteiger charge is 2.07. The lowest BCUT2D eigenvalue weighted by atomic mass is 10.1. The van der Waals surface area contributed by atoms with Crippen molar-refractivity contribution in [3.05, 3.63) is 71.0 Å². The van der Waals surface area contributed by atoms with Gasteiger partial charge >= 0.3 is 0 Å². The Labute approximate surface area is 142 Å². The second kappa shape index (κ2) is 6.97. The first-order chi connectivity index (χ1) is 11.5. The summed E-state index contributed by atoms with van der Waals surface area (Å²) in [4.78, 5) is 6.61. The average Bonchev–Trinajstić information content (AvgIpc) is 2.55. The molecule has 0 saturated heterocycles. The van der Waals surface area contributed by atoms with Crippen LogP contribution in [0, 0.1) is 12.7 Å². The Balaban J connectivity index is 1.76. The molecule has 3 rings (SSSR count). The molecule has 24 heavy (non-hydrogen) atoms. The molecule has 0 atom stereocenters. The number of rotatable bonds is 5. The van der Waals surface area contributed by atoms with E-state index >= 15 is 0 Å². The van der Waals surface area contributed by atoms with Crippen LogP contribution in [0.25, 0.3) is 10.9 Å². The molecule has 0 spiro atoms. The third-order valence-electron chi connectivity index (χ3n) is 3.98. The van der Waals surface area contributed by atoms with Gasteiger partial charge in [-0.2, -0.15) is 0 Å². The first-order valence-corrected chi connectivity index (χ1v) is 8.05. The molecule has 124 valence electrons. The summed E-state index contributed by atoms with van der Waals surface area (Å²) in [6, 6.07) is 15.6. The van der Waals surface area contributed by atoms with Crippen LogP contribution in [0.2, 0.25) is 0 Å². The fraction of sp³-hybridized carbons (Fsp3) is 0.250. The lowest BCUT2D eigenvalue weighted by Crippen LogP contribution is -2.12. The molecule has 4 heteroatoms. The van der Waals surface area contributed by atoms with E-state index in [1.165, 1.54) is 0 Å². The molecule has 0 amide bonds. The molecule has 0 saturated carbocycles. The quantitative estimate of drug-likeness (QED) is 0.756. The number of hydrogen-bond acceptors (Lipinski definition) is 3. The molecular weight excluding hydrogens is 301 g/mol. The standard InChI is InChI=1S/C20H22FN3/c1-14-10-16-6-4-5-7-19(16)23-20(14)22-12-15-8-9-17(13-24(2)3)18(21)11-15/h4-11H,12-13H2,1-3H3,(H,22,23). The van der Waals surface area contributed by atoms with Gasteiger partial charge in [-0.25, -0.2) is 9.37 Å². The second-order valence-corrected chi connectivity index (χ2v) is 6.36. The van der Waals surface area contributed by atoms with E-state index in [1.807, 2.05) is 56.3 Å². The van der Waals surface area contributed by atoms with Crippen LogP contribution < -0.4 is 5.32 Å². The number of pyridine rings is 1. The number of hydrogen-bond donors (Lipinski definition) is 1. The number of nitrogens with one attached hydrogen (secondary N) is 1. The largest absolute Gasteiger partial charge is 0.366 e. The SMILES string of the molecule is Cc1cc2ccccc2nc1NCc1ccc(CN(C)C)c(F)c1. The van der Waals surface area contributed by atoms with Gasteiger partial charge in [-0.3, -0.25) is 0 Å². The van der Waals surface area contributed by atoms with Crippen molar-refractivity contribution in [2.45, 2.75) is 20.0 Å². The van der Waals surface area contributed by atoms with E-state index in [1.54, 1.807) is 6.07 Å². The molecule has 3 nitrogen and oxygen atoms in total. The fourth-order valence-corrected chi connectivity index (χ4v) is 2.76. The van der Waals surface area contributed by atoms with Crippen molar-refractivity contribution in [2.75, 3.05) is 19.4 Å². The second-order valence-electron chi connectivity index (χ2n) is 6.36. The number of para-hydroxylation sites is 1. The monoisotopic (exact) mass is 323 g/mol. The maximum atomic E-state index is 14.2. The van der Waals surface area contributed by atoms with Gasteiger partial charge in [-0.1, -0.05) is 30.3 Å². The van der Waals surface area contributed by atoms with E-state index in [-0.39, 0.29) is 5.82 Å². The van der Waals surface area contributed by atoms with Crippen molar-refractivity contribution in [1.82, 2.24) is 9.88 Å². The molecule has 1 heterocycles. The van der Waals surface area contributed by atoms with E-state index in [2.05, 4.69) is 22.4 Å². The van der Waals surface area contributed by atoms with Gasteiger partial charge in [0.1, 0.15) is 11.6 Å². The summed E-state index contributed by atoms with van der Waals surface area (Å²) in [7, 11) is 3.87. The highest BCUT2D eigenvalue weighted by atomic mass is 19.1. The van der Waals surface area contributed by atoms with Crippen LogP contribution >= 0.6 is 0 Å². The molecule has 2 aromatic carbocycles. The van der Waals surface area contributed by atoms with Gasteiger partial charge in [-0.05, 0) is 50.3 Å². The Hall–Kier alpha value is -2.46. The van der Waals surface area contributed by atoms with Crippen molar-refractivity contribution in [3.63, 3.8) is 0 Å². The van der Waals surface area contributed by atoms with Crippen molar-refractivity contribution in [1.29, 1.82) is 0 Å². The van der Waals surface area contributed by atoms with Crippen LogP contribution in [-0.4, -0.2) is 24.0 Å². The van der Waals surface area contributed by atoms with Gasteiger partial charge in [0.15, 0.2) is 0 Å². The fourth-order valence-electron chi connectivity index (χ4n) is 2.76. The highest BCUT2D eigenvalue weighted by molar-refractivity contribution is 5.81. The van der Waals surface area contributed by atoms with Crippen LogP contribution in [0.5, 0.6) is 0 Å². The van der Waals surface area contributed by atoms with Gasteiger partial charge in [0.2, 0.25) is 0 Å². The minimum atomic E-state index is -0.161. The van der Waals surface area contributed by atoms with Gasteiger partial charge < -0.3 is 10.2 Å². The first-order valence-electron chi connectivity index (χ1n) is 8.05. The zero-order valence-corrected chi connectivity index (χ0v) is 14.3. The normalized spacial score (nSPS) is 11.2. The third kappa shape index (κ3) is 3.71. The molecule has 0 aliphatic rings. The molecule has 3 aromatic rings.